The first-order valence-corrected chi connectivity index (χ1v) is 7.77. The van der Waals surface area contributed by atoms with Crippen molar-refractivity contribution in [3.05, 3.63) is 48.0 Å². The Morgan fingerprint density at radius 2 is 2.15 bits per heavy atom. The number of hydrogen-bond acceptors (Lipinski definition) is 3. The maximum Gasteiger partial charge on any atom is 0.406 e. The minimum atomic E-state index is -4.31. The van der Waals surface area contributed by atoms with Crippen molar-refractivity contribution in [1.82, 2.24) is 14.9 Å². The van der Waals surface area contributed by atoms with Gasteiger partial charge in [0.25, 0.3) is 0 Å². The van der Waals surface area contributed by atoms with Crippen LogP contribution in [0.4, 0.5) is 13.2 Å². The van der Waals surface area contributed by atoms with E-state index in [4.69, 9.17) is 10.5 Å². The van der Waals surface area contributed by atoms with Gasteiger partial charge in [-0.15, -0.1) is 24.0 Å². The van der Waals surface area contributed by atoms with Crippen LogP contribution >= 0.6 is 24.0 Å². The van der Waals surface area contributed by atoms with E-state index in [9.17, 15) is 13.2 Å². The number of hydrogen-bond donors (Lipinski definition) is 2. The predicted octanol–water partition coefficient (Wildman–Crippen LogP) is 2.99. The van der Waals surface area contributed by atoms with E-state index in [0.717, 1.165) is 22.3 Å². The molecule has 0 saturated heterocycles. The molecule has 1 aromatic carbocycles. The van der Waals surface area contributed by atoms with Crippen molar-refractivity contribution in [3.63, 3.8) is 0 Å². The summed E-state index contributed by atoms with van der Waals surface area (Å²) >= 11 is 0. The molecule has 0 fully saturated rings. The molecule has 10 heteroatoms. The van der Waals surface area contributed by atoms with Gasteiger partial charge in [-0.05, 0) is 6.07 Å². The number of nitrogens with two attached hydrogens (primary N) is 1. The molecule has 0 amide bonds. The summed E-state index contributed by atoms with van der Waals surface area (Å²) in [5.41, 5.74) is 6.87. The molecule has 0 radical (unpaired) electrons. The Balaban J connectivity index is 0.00000243. The van der Waals surface area contributed by atoms with Gasteiger partial charge in [0.2, 0.25) is 0 Å². The lowest BCUT2D eigenvalue weighted by Gasteiger charge is -2.26. The average Bonchev–Trinajstić information content (AvgIpc) is 2.98. The number of nitrogens with one attached hydrogen (secondary N) is 1. The molecule has 1 aliphatic rings. The van der Waals surface area contributed by atoms with E-state index in [1.54, 1.807) is 0 Å². The monoisotopic (exact) mass is 481 g/mol. The molecular formula is C16H19F3IN5O. The Morgan fingerprint density at radius 1 is 1.38 bits per heavy atom. The van der Waals surface area contributed by atoms with E-state index < -0.39 is 12.7 Å². The van der Waals surface area contributed by atoms with Crippen LogP contribution in [0.3, 0.4) is 0 Å². The molecule has 3 N–H and O–H groups in total. The summed E-state index contributed by atoms with van der Waals surface area (Å²) in [5, 5.41) is 3.09. The number of para-hydroxylation sites is 1. The van der Waals surface area contributed by atoms with Crippen molar-refractivity contribution in [2.75, 3.05) is 6.61 Å². The van der Waals surface area contributed by atoms with Crippen LogP contribution in [0.2, 0.25) is 0 Å². The van der Waals surface area contributed by atoms with Gasteiger partial charge in [-0.25, -0.2) is 9.98 Å². The molecule has 2 aromatic rings. The molecule has 0 saturated carbocycles. The first-order chi connectivity index (χ1) is 11.9. The SMILES string of the molecule is I.NC(=NCc1nccn1CC(F)(F)F)NC1CCOc2ccccc21. The fourth-order valence-electron chi connectivity index (χ4n) is 2.70. The van der Waals surface area contributed by atoms with Crippen LogP contribution in [0.1, 0.15) is 23.9 Å². The number of alkyl halides is 3. The molecule has 3 rings (SSSR count). The summed E-state index contributed by atoms with van der Waals surface area (Å²) in [6.07, 6.45) is -1.00. The van der Waals surface area contributed by atoms with Crippen molar-refractivity contribution in [1.29, 1.82) is 0 Å². The van der Waals surface area contributed by atoms with Gasteiger partial charge in [-0.2, -0.15) is 13.2 Å². The van der Waals surface area contributed by atoms with Crippen molar-refractivity contribution >= 4 is 29.9 Å². The van der Waals surface area contributed by atoms with Crippen LogP contribution in [0.5, 0.6) is 5.75 Å². The fraction of sp³-hybridized carbons (Fsp3) is 0.375. The Bertz CT molecular complexity index is 762. The maximum absolute atomic E-state index is 12.5. The molecule has 2 heterocycles. The Hall–Kier alpha value is -1.98. The highest BCUT2D eigenvalue weighted by Gasteiger charge is 2.28. The minimum absolute atomic E-state index is 0. The van der Waals surface area contributed by atoms with Gasteiger partial charge >= 0.3 is 6.18 Å². The quantitative estimate of drug-likeness (QED) is 0.400. The third-order valence-corrected chi connectivity index (χ3v) is 3.82. The van der Waals surface area contributed by atoms with Crippen LogP contribution < -0.4 is 15.8 Å². The van der Waals surface area contributed by atoms with Gasteiger partial charge in [-0.1, -0.05) is 18.2 Å². The van der Waals surface area contributed by atoms with E-state index >= 15 is 0 Å². The molecule has 1 aliphatic heterocycles. The highest BCUT2D eigenvalue weighted by molar-refractivity contribution is 14.0. The summed E-state index contributed by atoms with van der Waals surface area (Å²) in [5.74, 6) is 1.15. The smallest absolute Gasteiger partial charge is 0.406 e. The molecule has 1 unspecified atom stereocenters. The van der Waals surface area contributed by atoms with Crippen LogP contribution in [0, 0.1) is 0 Å². The number of halogens is 4. The largest absolute Gasteiger partial charge is 0.493 e. The van der Waals surface area contributed by atoms with Gasteiger partial charge in [0.05, 0.1) is 12.6 Å². The lowest BCUT2D eigenvalue weighted by atomic mass is 10.0. The number of guanidine groups is 1. The number of aromatic nitrogens is 2. The van der Waals surface area contributed by atoms with E-state index in [-0.39, 0.29) is 48.3 Å². The highest BCUT2D eigenvalue weighted by atomic mass is 127. The average molecular weight is 481 g/mol. The lowest BCUT2D eigenvalue weighted by Crippen LogP contribution is -2.37. The number of nitrogens with zero attached hydrogens (tertiary/aromatic N) is 3. The number of rotatable bonds is 4. The summed E-state index contributed by atoms with van der Waals surface area (Å²) < 4.78 is 44.1. The predicted molar refractivity (Wildman–Crippen MR) is 101 cm³/mol. The van der Waals surface area contributed by atoms with Crippen molar-refractivity contribution < 1.29 is 17.9 Å². The van der Waals surface area contributed by atoms with Crippen molar-refractivity contribution in [3.8, 4) is 5.75 Å². The topological polar surface area (TPSA) is 77.5 Å². The standard InChI is InChI=1S/C16H18F3N5O.HI/c17-16(18,19)10-24-7-6-21-14(24)9-22-15(20)23-12-5-8-25-13-4-2-1-3-11(12)13;/h1-4,6-7,12H,5,8-10H2,(H3,20,22,23);1H. The summed E-state index contributed by atoms with van der Waals surface area (Å²) in [4.78, 5) is 8.02. The first kappa shape index (κ1) is 20.3. The van der Waals surface area contributed by atoms with Crippen molar-refractivity contribution in [2.45, 2.75) is 31.7 Å². The van der Waals surface area contributed by atoms with Gasteiger partial charge in [0.15, 0.2) is 5.96 Å². The van der Waals surface area contributed by atoms with Gasteiger partial charge < -0.3 is 20.4 Å². The Kier molecular flexibility index (Phi) is 6.73. The Morgan fingerprint density at radius 3 is 2.92 bits per heavy atom. The normalized spacial score (nSPS) is 17.0. The van der Waals surface area contributed by atoms with Crippen molar-refractivity contribution in [2.24, 2.45) is 10.7 Å². The molecule has 0 spiro atoms. The zero-order valence-corrected chi connectivity index (χ0v) is 16.1. The third kappa shape index (κ3) is 5.26. The van der Waals surface area contributed by atoms with Crippen LogP contribution in [0.25, 0.3) is 0 Å². The van der Waals surface area contributed by atoms with E-state index in [1.165, 1.54) is 12.4 Å². The zero-order valence-electron chi connectivity index (χ0n) is 13.7. The van der Waals surface area contributed by atoms with Gasteiger partial charge in [0, 0.05) is 24.4 Å². The molecule has 26 heavy (non-hydrogen) atoms. The Labute approximate surface area is 165 Å². The molecule has 0 bridgehead atoms. The highest BCUT2D eigenvalue weighted by Crippen LogP contribution is 2.31. The van der Waals surface area contributed by atoms with Crippen LogP contribution in [-0.4, -0.2) is 28.3 Å². The molecule has 1 aromatic heterocycles. The molecular weight excluding hydrogens is 462 g/mol. The maximum atomic E-state index is 12.5. The molecule has 6 nitrogen and oxygen atoms in total. The van der Waals surface area contributed by atoms with Crippen LogP contribution in [-0.2, 0) is 13.1 Å². The van der Waals surface area contributed by atoms with E-state index in [1.807, 2.05) is 24.3 Å². The lowest BCUT2D eigenvalue weighted by molar-refractivity contribution is -0.141. The van der Waals surface area contributed by atoms with E-state index in [0.29, 0.717) is 6.61 Å². The number of ether oxygens (including phenoxy) is 1. The van der Waals surface area contributed by atoms with Crippen LogP contribution in [0.15, 0.2) is 41.7 Å². The first-order valence-electron chi connectivity index (χ1n) is 7.77. The summed E-state index contributed by atoms with van der Waals surface area (Å²) in [6, 6.07) is 7.56. The zero-order chi connectivity index (χ0) is 17.9. The summed E-state index contributed by atoms with van der Waals surface area (Å²) in [7, 11) is 0. The second-order valence-electron chi connectivity index (χ2n) is 5.66. The molecule has 1 atom stereocenters. The number of benzene rings is 1. The fourth-order valence-corrected chi connectivity index (χ4v) is 2.70. The number of aliphatic imine (C=N–C) groups is 1. The van der Waals surface area contributed by atoms with Gasteiger partial charge in [-0.3, -0.25) is 0 Å². The number of fused-ring (bicyclic) bond motifs is 1. The minimum Gasteiger partial charge on any atom is -0.493 e. The second-order valence-corrected chi connectivity index (χ2v) is 5.66. The number of imidazole rings is 1. The van der Waals surface area contributed by atoms with E-state index in [2.05, 4.69) is 15.3 Å². The van der Waals surface area contributed by atoms with Gasteiger partial charge in [0.1, 0.15) is 24.7 Å². The molecule has 0 aliphatic carbocycles. The molecule has 142 valence electrons. The third-order valence-electron chi connectivity index (χ3n) is 3.82. The second kappa shape index (κ2) is 8.60. The summed E-state index contributed by atoms with van der Waals surface area (Å²) in [6.45, 7) is -0.580.